The molecule has 3 N–H and O–H groups in total. The number of aliphatic hydroxyl groups is 1. The molecule has 1 atom stereocenters. The summed E-state index contributed by atoms with van der Waals surface area (Å²) in [5.74, 6) is -0.611. The number of nitrogens with one attached hydrogen (secondary N) is 2. The van der Waals surface area contributed by atoms with Crippen molar-refractivity contribution in [3.8, 4) is 11.5 Å². The van der Waals surface area contributed by atoms with Crippen molar-refractivity contribution in [2.75, 3.05) is 13.1 Å². The number of halogens is 6. The van der Waals surface area contributed by atoms with E-state index in [1.54, 1.807) is 19.1 Å². The van der Waals surface area contributed by atoms with Gasteiger partial charge in [-0.2, -0.15) is 0 Å². The molecule has 0 radical (unpaired) electrons. The zero-order valence-electron chi connectivity index (χ0n) is 17.8. The number of aliphatic hydroxyl groups excluding tert-OH is 1. The molecule has 0 aromatic heterocycles. The van der Waals surface area contributed by atoms with Gasteiger partial charge in [0.15, 0.2) is 0 Å². The Morgan fingerprint density at radius 2 is 1.21 bits per heavy atom. The fraction of sp³-hybridized carbons (Fsp3) is 0.455. The van der Waals surface area contributed by atoms with Gasteiger partial charge in [0.25, 0.3) is 0 Å². The highest BCUT2D eigenvalue weighted by Crippen LogP contribution is 2.24. The van der Waals surface area contributed by atoms with E-state index in [0.29, 0.717) is 43.5 Å². The number of hydrogen-bond donors (Lipinski definition) is 3. The molecule has 0 spiro atoms. The summed E-state index contributed by atoms with van der Waals surface area (Å²) in [6, 6.07) is 11.3. The molecule has 0 heterocycles. The van der Waals surface area contributed by atoms with Gasteiger partial charge in [-0.3, -0.25) is 10.6 Å². The SMILES string of the molecule is CCC(O)C(NCCc1cccc(OC(F)(F)F)c1)NCCc1cccc(OC(F)(F)F)c1. The second-order valence-electron chi connectivity index (χ2n) is 7.25. The zero-order chi connectivity index (χ0) is 24.5. The van der Waals surface area contributed by atoms with Gasteiger partial charge in [0.2, 0.25) is 0 Å². The minimum Gasteiger partial charge on any atom is -0.406 e. The maximum Gasteiger partial charge on any atom is 0.573 e. The van der Waals surface area contributed by atoms with E-state index >= 15 is 0 Å². The summed E-state index contributed by atoms with van der Waals surface area (Å²) in [5, 5.41) is 16.5. The van der Waals surface area contributed by atoms with E-state index in [-0.39, 0.29) is 11.5 Å². The van der Waals surface area contributed by atoms with Crippen LogP contribution < -0.4 is 20.1 Å². The summed E-state index contributed by atoms with van der Waals surface area (Å²) in [5.41, 5.74) is 1.24. The first-order valence-electron chi connectivity index (χ1n) is 10.3. The summed E-state index contributed by atoms with van der Waals surface area (Å²) < 4.78 is 82.0. The van der Waals surface area contributed by atoms with Gasteiger partial charge in [-0.1, -0.05) is 31.2 Å². The largest absolute Gasteiger partial charge is 0.573 e. The predicted octanol–water partition coefficient (Wildman–Crippen LogP) is 4.55. The Kier molecular flexibility index (Phi) is 9.81. The fourth-order valence-electron chi connectivity index (χ4n) is 3.12. The molecule has 11 heteroatoms. The van der Waals surface area contributed by atoms with Crippen LogP contribution in [-0.2, 0) is 12.8 Å². The van der Waals surface area contributed by atoms with Crippen LogP contribution in [0.1, 0.15) is 24.5 Å². The van der Waals surface area contributed by atoms with E-state index in [1.807, 2.05) is 0 Å². The molecule has 0 saturated heterocycles. The van der Waals surface area contributed by atoms with E-state index < -0.39 is 25.0 Å². The quantitative estimate of drug-likeness (QED) is 0.308. The summed E-state index contributed by atoms with van der Waals surface area (Å²) in [6.45, 7) is 2.51. The summed E-state index contributed by atoms with van der Waals surface area (Å²) in [4.78, 5) is 0. The normalized spacial score (nSPS) is 13.2. The summed E-state index contributed by atoms with van der Waals surface area (Å²) in [7, 11) is 0. The van der Waals surface area contributed by atoms with Crippen molar-refractivity contribution in [1.82, 2.24) is 10.6 Å². The van der Waals surface area contributed by atoms with Gasteiger partial charge in [-0.05, 0) is 54.7 Å². The first-order chi connectivity index (χ1) is 15.4. The summed E-state index contributed by atoms with van der Waals surface area (Å²) in [6.07, 6.45) is -9.58. The number of ether oxygens (including phenoxy) is 2. The monoisotopic (exact) mass is 480 g/mol. The van der Waals surface area contributed by atoms with E-state index in [4.69, 9.17) is 0 Å². The van der Waals surface area contributed by atoms with Crippen LogP contribution >= 0.6 is 0 Å². The Bertz CT molecular complexity index is 795. The Morgan fingerprint density at radius 3 is 1.58 bits per heavy atom. The first-order valence-corrected chi connectivity index (χ1v) is 10.3. The van der Waals surface area contributed by atoms with Crippen molar-refractivity contribution in [3.05, 3.63) is 59.7 Å². The van der Waals surface area contributed by atoms with Gasteiger partial charge in [0, 0.05) is 13.1 Å². The van der Waals surface area contributed by atoms with Crippen LogP contribution in [0.4, 0.5) is 26.3 Å². The van der Waals surface area contributed by atoms with Crippen LogP contribution in [-0.4, -0.2) is 43.2 Å². The minimum absolute atomic E-state index is 0.306. The van der Waals surface area contributed by atoms with Crippen LogP contribution in [0.15, 0.2) is 48.5 Å². The van der Waals surface area contributed by atoms with E-state index in [9.17, 15) is 31.4 Å². The molecule has 0 saturated carbocycles. The molecule has 33 heavy (non-hydrogen) atoms. The third kappa shape index (κ3) is 10.8. The van der Waals surface area contributed by atoms with E-state index in [1.165, 1.54) is 36.4 Å². The van der Waals surface area contributed by atoms with Crippen molar-refractivity contribution >= 4 is 0 Å². The molecule has 2 aromatic rings. The molecule has 1 unspecified atom stereocenters. The molecule has 0 aliphatic heterocycles. The third-order valence-electron chi connectivity index (χ3n) is 4.62. The van der Waals surface area contributed by atoms with E-state index in [2.05, 4.69) is 20.1 Å². The smallest absolute Gasteiger partial charge is 0.406 e. The topological polar surface area (TPSA) is 62.8 Å². The molecule has 184 valence electrons. The zero-order valence-corrected chi connectivity index (χ0v) is 17.8. The first kappa shape index (κ1) is 26.7. The lowest BCUT2D eigenvalue weighted by atomic mass is 10.1. The molecular formula is C22H26F6N2O3. The lowest BCUT2D eigenvalue weighted by Gasteiger charge is -2.25. The van der Waals surface area contributed by atoms with Gasteiger partial charge >= 0.3 is 12.7 Å². The predicted molar refractivity (Wildman–Crippen MR) is 110 cm³/mol. The Balaban J connectivity index is 1.86. The number of hydrogen-bond acceptors (Lipinski definition) is 5. The molecule has 0 amide bonds. The molecule has 0 fully saturated rings. The van der Waals surface area contributed by atoms with Crippen LogP contribution in [0.5, 0.6) is 11.5 Å². The van der Waals surface area contributed by atoms with Gasteiger partial charge in [-0.25, -0.2) is 0 Å². The lowest BCUT2D eigenvalue weighted by Crippen LogP contribution is -2.51. The molecule has 2 aromatic carbocycles. The Hall–Kier alpha value is -2.50. The third-order valence-corrected chi connectivity index (χ3v) is 4.62. The number of rotatable bonds is 12. The number of alkyl halides is 6. The number of benzene rings is 2. The highest BCUT2D eigenvalue weighted by Gasteiger charge is 2.31. The molecule has 0 bridgehead atoms. The average molecular weight is 480 g/mol. The van der Waals surface area contributed by atoms with Crippen molar-refractivity contribution in [1.29, 1.82) is 0 Å². The average Bonchev–Trinajstić information content (AvgIpc) is 2.70. The second-order valence-corrected chi connectivity index (χ2v) is 7.25. The molecule has 5 nitrogen and oxygen atoms in total. The van der Waals surface area contributed by atoms with Gasteiger partial charge in [0.05, 0.1) is 12.3 Å². The highest BCUT2D eigenvalue weighted by atomic mass is 19.4. The lowest BCUT2D eigenvalue weighted by molar-refractivity contribution is -0.275. The second kappa shape index (κ2) is 12.1. The standard InChI is InChI=1S/C22H26F6N2O3/c1-2-19(31)20(29-11-9-15-5-3-7-17(13-15)32-21(23,24)25)30-12-10-16-6-4-8-18(14-16)33-22(26,27)28/h3-8,13-14,19-20,29-31H,2,9-12H2,1H3. The maximum absolute atomic E-state index is 12.4. The molecule has 0 aliphatic carbocycles. The fourth-order valence-corrected chi connectivity index (χ4v) is 3.12. The minimum atomic E-state index is -4.77. The Morgan fingerprint density at radius 1 is 0.788 bits per heavy atom. The van der Waals surface area contributed by atoms with Gasteiger partial charge < -0.3 is 14.6 Å². The van der Waals surface area contributed by atoms with Crippen molar-refractivity contribution in [2.24, 2.45) is 0 Å². The molecule has 2 rings (SSSR count). The van der Waals surface area contributed by atoms with Gasteiger partial charge in [0.1, 0.15) is 11.5 Å². The van der Waals surface area contributed by atoms with E-state index in [0.717, 1.165) is 0 Å². The summed E-state index contributed by atoms with van der Waals surface area (Å²) >= 11 is 0. The van der Waals surface area contributed by atoms with Crippen molar-refractivity contribution in [3.63, 3.8) is 0 Å². The van der Waals surface area contributed by atoms with Gasteiger partial charge in [-0.15, -0.1) is 26.3 Å². The Labute approximate surface area is 187 Å². The van der Waals surface area contributed by atoms with Crippen molar-refractivity contribution in [2.45, 2.75) is 51.2 Å². The van der Waals surface area contributed by atoms with Crippen LogP contribution in [0.25, 0.3) is 0 Å². The van der Waals surface area contributed by atoms with Crippen molar-refractivity contribution < 1.29 is 40.9 Å². The van der Waals surface area contributed by atoms with Crippen LogP contribution in [0.2, 0.25) is 0 Å². The maximum atomic E-state index is 12.4. The molecule has 0 aliphatic rings. The van der Waals surface area contributed by atoms with Crippen LogP contribution in [0, 0.1) is 0 Å². The molecular weight excluding hydrogens is 454 g/mol. The highest BCUT2D eigenvalue weighted by molar-refractivity contribution is 5.29. The van der Waals surface area contributed by atoms with Crippen LogP contribution in [0.3, 0.4) is 0 Å².